The standard InChI is InChI=1S/C7H6BrClF2OS/c8-4-1-5(13-3-4)2-6(12)7(9,10)11/h1,3,6,12H,2H2. The molecule has 0 saturated heterocycles. The van der Waals surface area contributed by atoms with Crippen LogP contribution in [0.1, 0.15) is 4.88 Å². The number of hydrogen-bond acceptors (Lipinski definition) is 2. The molecular weight excluding hydrogens is 285 g/mol. The molecule has 1 rings (SSSR count). The lowest BCUT2D eigenvalue weighted by Crippen LogP contribution is -2.29. The summed E-state index contributed by atoms with van der Waals surface area (Å²) in [5.41, 5.74) is 0. The van der Waals surface area contributed by atoms with E-state index in [0.717, 1.165) is 4.47 Å². The Bertz CT molecular complexity index is 286. The third kappa shape index (κ3) is 3.50. The summed E-state index contributed by atoms with van der Waals surface area (Å²) >= 11 is 9.13. The molecule has 1 atom stereocenters. The molecule has 1 nitrogen and oxygen atoms in total. The number of hydrogen-bond donors (Lipinski definition) is 1. The van der Waals surface area contributed by atoms with E-state index in [4.69, 9.17) is 5.11 Å². The van der Waals surface area contributed by atoms with Crippen LogP contribution in [0.15, 0.2) is 15.9 Å². The van der Waals surface area contributed by atoms with E-state index in [-0.39, 0.29) is 6.42 Å². The Hall–Kier alpha value is 0.290. The Balaban J connectivity index is 2.60. The van der Waals surface area contributed by atoms with Gasteiger partial charge >= 0.3 is 5.38 Å². The van der Waals surface area contributed by atoms with Crippen molar-refractivity contribution in [3.05, 3.63) is 20.8 Å². The molecule has 1 aromatic heterocycles. The molecule has 74 valence electrons. The van der Waals surface area contributed by atoms with Gasteiger partial charge in [0.2, 0.25) is 0 Å². The van der Waals surface area contributed by atoms with Crippen LogP contribution >= 0.6 is 38.9 Å². The summed E-state index contributed by atoms with van der Waals surface area (Å²) in [6.45, 7) is 0. The van der Waals surface area contributed by atoms with Crippen LogP contribution in [0.4, 0.5) is 8.78 Å². The molecule has 0 fully saturated rings. The van der Waals surface area contributed by atoms with Crippen molar-refractivity contribution in [2.45, 2.75) is 17.9 Å². The molecule has 0 aliphatic carbocycles. The Morgan fingerprint density at radius 1 is 1.69 bits per heavy atom. The molecule has 1 unspecified atom stereocenters. The molecule has 1 aromatic rings. The minimum atomic E-state index is -3.56. The summed E-state index contributed by atoms with van der Waals surface area (Å²) in [5, 5.41) is 7.16. The summed E-state index contributed by atoms with van der Waals surface area (Å²) in [5.74, 6) is 0. The van der Waals surface area contributed by atoms with Crippen LogP contribution in [0.5, 0.6) is 0 Å². The fourth-order valence-electron chi connectivity index (χ4n) is 0.767. The Labute approximate surface area is 91.5 Å². The largest absolute Gasteiger partial charge is 0.385 e. The zero-order valence-electron chi connectivity index (χ0n) is 6.31. The topological polar surface area (TPSA) is 20.2 Å². The Kier molecular flexibility index (Phi) is 3.68. The van der Waals surface area contributed by atoms with Gasteiger partial charge in [-0.15, -0.1) is 11.3 Å². The first-order chi connectivity index (χ1) is 5.89. The lowest BCUT2D eigenvalue weighted by Gasteiger charge is -2.14. The molecule has 0 aliphatic heterocycles. The molecule has 0 radical (unpaired) electrons. The fourth-order valence-corrected chi connectivity index (χ4v) is 2.33. The van der Waals surface area contributed by atoms with E-state index >= 15 is 0 Å². The predicted octanol–water partition coefficient (Wildman–Crippen LogP) is 3.25. The average Bonchev–Trinajstić information content (AvgIpc) is 2.33. The highest BCUT2D eigenvalue weighted by Crippen LogP contribution is 2.28. The van der Waals surface area contributed by atoms with Gasteiger partial charge in [-0.25, -0.2) is 0 Å². The van der Waals surface area contributed by atoms with Gasteiger partial charge in [-0.05, 0) is 33.6 Å². The van der Waals surface area contributed by atoms with Crippen molar-refractivity contribution in [2.24, 2.45) is 0 Å². The molecule has 13 heavy (non-hydrogen) atoms. The van der Waals surface area contributed by atoms with Crippen molar-refractivity contribution >= 4 is 38.9 Å². The van der Waals surface area contributed by atoms with Gasteiger partial charge in [0, 0.05) is 21.2 Å². The Morgan fingerprint density at radius 2 is 2.31 bits per heavy atom. The van der Waals surface area contributed by atoms with Gasteiger partial charge in [0.25, 0.3) is 0 Å². The van der Waals surface area contributed by atoms with Crippen molar-refractivity contribution in [1.82, 2.24) is 0 Å². The van der Waals surface area contributed by atoms with Gasteiger partial charge in [-0.1, -0.05) is 0 Å². The van der Waals surface area contributed by atoms with E-state index in [2.05, 4.69) is 27.5 Å². The van der Waals surface area contributed by atoms with Gasteiger partial charge < -0.3 is 5.11 Å². The highest BCUT2D eigenvalue weighted by molar-refractivity contribution is 9.10. The monoisotopic (exact) mass is 290 g/mol. The quantitative estimate of drug-likeness (QED) is 0.848. The first kappa shape index (κ1) is 11.4. The molecule has 0 spiro atoms. The smallest absolute Gasteiger partial charge is 0.347 e. The summed E-state index contributed by atoms with van der Waals surface area (Å²) < 4.78 is 25.5. The van der Waals surface area contributed by atoms with Crippen molar-refractivity contribution in [3.63, 3.8) is 0 Å². The molecule has 1 heterocycles. The number of aliphatic hydroxyl groups is 1. The van der Waals surface area contributed by atoms with E-state index < -0.39 is 11.5 Å². The predicted molar refractivity (Wildman–Crippen MR) is 52.5 cm³/mol. The highest BCUT2D eigenvalue weighted by Gasteiger charge is 2.35. The highest BCUT2D eigenvalue weighted by atomic mass is 79.9. The summed E-state index contributed by atoms with van der Waals surface area (Å²) in [6, 6.07) is 1.68. The molecule has 0 aromatic carbocycles. The van der Waals surface area contributed by atoms with Gasteiger partial charge in [-0.3, -0.25) is 0 Å². The third-order valence-corrected chi connectivity index (χ3v) is 3.37. The number of rotatable bonds is 3. The second kappa shape index (κ2) is 4.21. The fraction of sp³-hybridized carbons (Fsp3) is 0.429. The molecule has 6 heteroatoms. The van der Waals surface area contributed by atoms with E-state index in [9.17, 15) is 8.78 Å². The molecule has 0 bridgehead atoms. The minimum Gasteiger partial charge on any atom is -0.385 e. The second-order valence-corrected chi connectivity index (χ2v) is 4.91. The van der Waals surface area contributed by atoms with Gasteiger partial charge in [0.1, 0.15) is 6.10 Å². The van der Waals surface area contributed by atoms with E-state index in [1.807, 2.05) is 0 Å². The first-order valence-electron chi connectivity index (χ1n) is 3.37. The second-order valence-electron chi connectivity index (χ2n) is 2.49. The lowest BCUT2D eigenvalue weighted by molar-refractivity contribution is -0.0393. The zero-order chi connectivity index (χ0) is 10.1. The molecule has 0 aliphatic rings. The molecular formula is C7H6BrClF2OS. The van der Waals surface area contributed by atoms with Crippen LogP contribution in [0.2, 0.25) is 0 Å². The average molecular weight is 292 g/mol. The van der Waals surface area contributed by atoms with Crippen molar-refractivity contribution < 1.29 is 13.9 Å². The number of thiophene rings is 1. The normalized spacial score (nSPS) is 14.5. The summed E-state index contributed by atoms with van der Waals surface area (Å²) in [4.78, 5) is 0.666. The molecule has 1 N–H and O–H groups in total. The molecule has 0 saturated carbocycles. The van der Waals surface area contributed by atoms with Crippen LogP contribution in [0.3, 0.4) is 0 Å². The minimum absolute atomic E-state index is 0.132. The maximum atomic E-state index is 12.3. The lowest BCUT2D eigenvalue weighted by atomic mass is 10.2. The van der Waals surface area contributed by atoms with Crippen molar-refractivity contribution in [1.29, 1.82) is 0 Å². The molecule has 0 amide bonds. The van der Waals surface area contributed by atoms with Gasteiger partial charge in [0.15, 0.2) is 0 Å². The van der Waals surface area contributed by atoms with Crippen molar-refractivity contribution in [2.75, 3.05) is 0 Å². The maximum absolute atomic E-state index is 12.3. The van der Waals surface area contributed by atoms with Gasteiger partial charge in [-0.2, -0.15) is 8.78 Å². The van der Waals surface area contributed by atoms with E-state index in [1.165, 1.54) is 11.3 Å². The summed E-state index contributed by atoms with van der Waals surface area (Å²) in [7, 11) is 0. The zero-order valence-corrected chi connectivity index (χ0v) is 9.46. The summed E-state index contributed by atoms with van der Waals surface area (Å²) in [6.07, 6.45) is -1.97. The third-order valence-electron chi connectivity index (χ3n) is 1.39. The van der Waals surface area contributed by atoms with Crippen LogP contribution in [0, 0.1) is 0 Å². The van der Waals surface area contributed by atoms with Crippen LogP contribution in [-0.4, -0.2) is 16.6 Å². The number of alkyl halides is 3. The van der Waals surface area contributed by atoms with Crippen molar-refractivity contribution in [3.8, 4) is 0 Å². The van der Waals surface area contributed by atoms with Crippen LogP contribution in [-0.2, 0) is 6.42 Å². The Morgan fingerprint density at radius 3 is 2.69 bits per heavy atom. The van der Waals surface area contributed by atoms with Gasteiger partial charge in [0.05, 0.1) is 0 Å². The van der Waals surface area contributed by atoms with E-state index in [0.29, 0.717) is 4.88 Å². The number of aliphatic hydroxyl groups excluding tert-OH is 1. The SMILES string of the molecule is OC(Cc1cc(Br)cs1)C(F)(F)Cl. The maximum Gasteiger partial charge on any atom is 0.347 e. The van der Waals surface area contributed by atoms with E-state index in [1.54, 1.807) is 11.4 Å². The number of halogens is 4. The van der Waals surface area contributed by atoms with Crippen LogP contribution in [0.25, 0.3) is 0 Å². The van der Waals surface area contributed by atoms with Crippen LogP contribution < -0.4 is 0 Å². The first-order valence-corrected chi connectivity index (χ1v) is 5.42.